The molecule has 0 bridgehead atoms. The van der Waals surface area contributed by atoms with Crippen LogP contribution in [0.15, 0.2) is 48.8 Å². The van der Waals surface area contributed by atoms with E-state index in [4.69, 9.17) is 18.5 Å². The molecule has 0 saturated heterocycles. The summed E-state index contributed by atoms with van der Waals surface area (Å²) in [7, 11) is 1.57. The zero-order valence-corrected chi connectivity index (χ0v) is 36.2. The first kappa shape index (κ1) is 52.3. The number of phosphoric ester groups is 1. The van der Waals surface area contributed by atoms with E-state index in [1.165, 1.54) is 109 Å². The molecule has 0 aliphatic rings. The largest absolute Gasteiger partial charge is 0.492 e. The summed E-state index contributed by atoms with van der Waals surface area (Å²) in [6, 6.07) is 0. The van der Waals surface area contributed by atoms with E-state index in [1.54, 1.807) is 12.3 Å². The fourth-order valence-electron chi connectivity index (χ4n) is 5.60. The summed E-state index contributed by atoms with van der Waals surface area (Å²) in [5.74, 6) is -0.431. The van der Waals surface area contributed by atoms with Crippen molar-refractivity contribution in [3.63, 3.8) is 0 Å². The van der Waals surface area contributed by atoms with Gasteiger partial charge in [0.2, 0.25) is 0 Å². The Hall–Kier alpha value is -1.74. The van der Waals surface area contributed by atoms with Gasteiger partial charge < -0.3 is 24.0 Å². The molecule has 0 aliphatic carbocycles. The molecule has 10 heteroatoms. The normalized spacial score (nSPS) is 14.8. The lowest BCUT2D eigenvalue weighted by molar-refractivity contribution is -0.870. The van der Waals surface area contributed by atoms with E-state index >= 15 is 0 Å². The van der Waals surface area contributed by atoms with Gasteiger partial charge in [-0.1, -0.05) is 153 Å². The number of esters is 1. The third-order valence-corrected chi connectivity index (χ3v) is 10.1. The Morgan fingerprint density at radius 3 is 1.81 bits per heavy atom. The van der Waals surface area contributed by atoms with Crippen LogP contribution in [0.4, 0.5) is 0 Å². The van der Waals surface area contributed by atoms with Gasteiger partial charge in [0.15, 0.2) is 6.10 Å². The smallest absolute Gasteiger partial charge is 0.472 e. The summed E-state index contributed by atoms with van der Waals surface area (Å²) in [5.41, 5.74) is 0. The van der Waals surface area contributed by atoms with Gasteiger partial charge in [0.25, 0.3) is 0 Å². The van der Waals surface area contributed by atoms with Crippen molar-refractivity contribution >= 4 is 13.8 Å². The van der Waals surface area contributed by atoms with Crippen LogP contribution in [0.3, 0.4) is 0 Å². The van der Waals surface area contributed by atoms with E-state index in [-0.39, 0.29) is 26.2 Å². The summed E-state index contributed by atoms with van der Waals surface area (Å²) in [5, 5.41) is 10.3. The number of phosphoric acid groups is 1. The second-order valence-electron chi connectivity index (χ2n) is 15.6. The summed E-state index contributed by atoms with van der Waals surface area (Å²) in [6.45, 7) is 4.67. The molecule has 3 atom stereocenters. The zero-order chi connectivity index (χ0) is 40.0. The van der Waals surface area contributed by atoms with Crippen LogP contribution in [0.1, 0.15) is 168 Å². The highest BCUT2D eigenvalue weighted by Gasteiger charge is 2.25. The highest BCUT2D eigenvalue weighted by Crippen LogP contribution is 2.43. The number of nitrogens with zero attached hydrogens (tertiary/aromatic N) is 1. The number of aliphatic hydroxyl groups excluding tert-OH is 1. The lowest BCUT2D eigenvalue weighted by Gasteiger charge is -2.24. The van der Waals surface area contributed by atoms with Gasteiger partial charge in [-0.15, -0.1) is 0 Å². The third-order valence-electron chi connectivity index (χ3n) is 9.09. The molecule has 0 aromatic carbocycles. The van der Waals surface area contributed by atoms with Crippen LogP contribution in [-0.2, 0) is 27.9 Å². The molecule has 0 radical (unpaired) electrons. The minimum atomic E-state index is -4.31. The first-order valence-corrected chi connectivity index (χ1v) is 23.0. The summed E-state index contributed by atoms with van der Waals surface area (Å²) >= 11 is 0. The number of ether oxygens (including phenoxy) is 2. The minimum Gasteiger partial charge on any atom is -0.492 e. The number of unbranched alkanes of at least 4 members (excludes halogenated alkanes) is 18. The van der Waals surface area contributed by atoms with Crippen molar-refractivity contribution in [2.45, 2.75) is 180 Å². The molecular weight excluding hydrogens is 701 g/mol. The van der Waals surface area contributed by atoms with Gasteiger partial charge in [0.05, 0.1) is 40.1 Å². The maximum atomic E-state index is 12.5. The van der Waals surface area contributed by atoms with Crippen molar-refractivity contribution in [3.8, 4) is 0 Å². The second-order valence-corrected chi connectivity index (χ2v) is 17.1. The number of aliphatic hydroxyl groups is 1. The first-order chi connectivity index (χ1) is 26.0. The van der Waals surface area contributed by atoms with Gasteiger partial charge >= 0.3 is 13.8 Å². The van der Waals surface area contributed by atoms with Crippen molar-refractivity contribution in [3.05, 3.63) is 48.8 Å². The fraction of sp³-hybridized carbons (Fsp3) is 0.795. The molecule has 0 fully saturated rings. The second kappa shape index (κ2) is 36.9. The Kier molecular flexibility index (Phi) is 35.7. The number of carbonyl (C=O) groups is 1. The molecule has 0 aromatic rings. The summed E-state index contributed by atoms with van der Waals surface area (Å²) in [6.07, 6.45) is 41.3. The average Bonchev–Trinajstić information content (AvgIpc) is 3.12. The van der Waals surface area contributed by atoms with E-state index in [0.717, 1.165) is 25.7 Å². The van der Waals surface area contributed by atoms with Gasteiger partial charge in [-0.2, -0.15) is 0 Å². The maximum absolute atomic E-state index is 12.5. The maximum Gasteiger partial charge on any atom is 0.472 e. The molecule has 0 saturated carbocycles. The topological polar surface area (TPSA) is 112 Å². The van der Waals surface area contributed by atoms with E-state index in [9.17, 15) is 19.4 Å². The summed E-state index contributed by atoms with van der Waals surface area (Å²) < 4.78 is 34.6. The van der Waals surface area contributed by atoms with Crippen molar-refractivity contribution in [1.82, 2.24) is 0 Å². The average molecular weight is 785 g/mol. The predicted molar refractivity (Wildman–Crippen MR) is 225 cm³/mol. The molecule has 9 nitrogen and oxygen atoms in total. The first-order valence-electron chi connectivity index (χ1n) is 21.5. The summed E-state index contributed by atoms with van der Waals surface area (Å²) in [4.78, 5) is 22.6. The van der Waals surface area contributed by atoms with E-state index in [0.29, 0.717) is 23.9 Å². The van der Waals surface area contributed by atoms with Crippen LogP contribution in [0, 0.1) is 0 Å². The number of allylic oxidation sites excluding steroid dienone is 6. The monoisotopic (exact) mass is 785 g/mol. The number of rotatable bonds is 39. The van der Waals surface area contributed by atoms with Gasteiger partial charge in [0.1, 0.15) is 19.8 Å². The number of hydrogen-bond donors (Lipinski definition) is 2. The Balaban J connectivity index is 4.48. The lowest BCUT2D eigenvalue weighted by Crippen LogP contribution is -2.37. The molecule has 0 spiro atoms. The number of carbonyl (C=O) groups excluding carboxylic acids is 1. The van der Waals surface area contributed by atoms with E-state index in [2.05, 4.69) is 32.1 Å². The van der Waals surface area contributed by atoms with Gasteiger partial charge in [-0.25, -0.2) is 4.57 Å². The minimum absolute atomic E-state index is 0.0603. The van der Waals surface area contributed by atoms with Crippen molar-refractivity contribution in [2.24, 2.45) is 0 Å². The Morgan fingerprint density at radius 1 is 0.685 bits per heavy atom. The third kappa shape index (κ3) is 39.9. The molecule has 316 valence electrons. The van der Waals surface area contributed by atoms with Crippen molar-refractivity contribution in [2.75, 3.05) is 47.5 Å². The van der Waals surface area contributed by atoms with E-state index < -0.39 is 26.0 Å². The lowest BCUT2D eigenvalue weighted by atomic mass is 10.0. The van der Waals surface area contributed by atoms with Crippen molar-refractivity contribution in [1.29, 1.82) is 0 Å². The van der Waals surface area contributed by atoms with Gasteiger partial charge in [-0.05, 0) is 51.0 Å². The Labute approximate surface area is 331 Å². The Bertz CT molecular complexity index is 1020. The van der Waals surface area contributed by atoms with Crippen LogP contribution >= 0.6 is 7.82 Å². The molecule has 2 unspecified atom stereocenters. The molecule has 0 amide bonds. The highest BCUT2D eigenvalue weighted by atomic mass is 31.2. The standard InChI is InChI=1S/C44H82NO8P/c1-6-8-10-12-14-16-18-20-22-24-26-28-30-32-38-50-43(41-53-54(48,49)52-39-37-45(3,4)5)40-51-44(47)36-33-35-42(46)34-31-29-27-25-23-21-19-17-15-13-11-9-7-2/h21,23,27,29,31-32,34,38,42-43,46H,6-20,22,24-26,28,30,33,35-37,39-41H2,1-5H3/p+1/b23-21+,29-27+,34-31+,38-32+/t42?,43-/m1/s1. The SMILES string of the molecule is CCCCCCCC/C=C/C/C=C/C=C/C(O)CCCC(=O)OC[C@H](COP(=O)(O)OCC[N+](C)(C)C)O/C=C/CCCCCCCCCCCCCC. The molecule has 0 rings (SSSR count). The highest BCUT2D eigenvalue weighted by molar-refractivity contribution is 7.47. The number of likely N-dealkylation sites (N-methyl/N-ethyl adjacent to an activating group) is 1. The molecule has 0 heterocycles. The molecule has 54 heavy (non-hydrogen) atoms. The molecule has 2 N–H and O–H groups in total. The molecule has 0 aliphatic heterocycles. The quantitative estimate of drug-likeness (QED) is 0.0121. The van der Waals surface area contributed by atoms with Gasteiger partial charge in [-0.3, -0.25) is 13.8 Å². The van der Waals surface area contributed by atoms with Crippen LogP contribution in [0.2, 0.25) is 0 Å². The predicted octanol–water partition coefficient (Wildman–Crippen LogP) is 11.7. The number of quaternary nitrogens is 1. The number of hydrogen-bond acceptors (Lipinski definition) is 7. The Morgan fingerprint density at radius 2 is 1.24 bits per heavy atom. The van der Waals surface area contributed by atoms with Crippen LogP contribution in [0.25, 0.3) is 0 Å². The van der Waals surface area contributed by atoms with Crippen molar-refractivity contribution < 1.29 is 42.4 Å². The van der Waals surface area contributed by atoms with Crippen LogP contribution in [-0.4, -0.2) is 80.2 Å². The molecular formula is C44H83NO8P+. The molecule has 0 aromatic heterocycles. The van der Waals surface area contributed by atoms with Crippen LogP contribution < -0.4 is 0 Å². The van der Waals surface area contributed by atoms with Gasteiger partial charge in [0, 0.05) is 6.42 Å². The van der Waals surface area contributed by atoms with E-state index in [1.807, 2.05) is 39.4 Å². The van der Waals surface area contributed by atoms with Crippen LogP contribution in [0.5, 0.6) is 0 Å². The zero-order valence-electron chi connectivity index (χ0n) is 35.3. The fourth-order valence-corrected chi connectivity index (χ4v) is 6.35.